The van der Waals surface area contributed by atoms with E-state index in [2.05, 4.69) is 16.8 Å². The Bertz CT molecular complexity index is 857. The van der Waals surface area contributed by atoms with Gasteiger partial charge in [-0.2, -0.15) is 0 Å². The molecule has 2 aromatic heterocycles. The van der Waals surface area contributed by atoms with Crippen molar-refractivity contribution in [3.63, 3.8) is 0 Å². The second-order valence-electron chi connectivity index (χ2n) is 6.45. The van der Waals surface area contributed by atoms with Gasteiger partial charge in [-0.15, -0.1) is 0 Å². The SMILES string of the molecule is CCn1cc(C(=O)O)c(=O)c2c(C)n(C)c(N3CCN(C)CC3)c21. The average molecular weight is 332 g/mol. The summed E-state index contributed by atoms with van der Waals surface area (Å²) >= 11 is 0. The zero-order valence-corrected chi connectivity index (χ0v) is 14.7. The Balaban J connectivity index is 2.31. The summed E-state index contributed by atoms with van der Waals surface area (Å²) in [6.07, 6.45) is 1.48. The molecule has 3 rings (SSSR count). The van der Waals surface area contributed by atoms with Crippen LogP contribution < -0.4 is 10.3 Å². The predicted molar refractivity (Wildman–Crippen MR) is 94.3 cm³/mol. The minimum Gasteiger partial charge on any atom is -0.477 e. The van der Waals surface area contributed by atoms with Gasteiger partial charge in [-0.05, 0) is 20.9 Å². The van der Waals surface area contributed by atoms with Gasteiger partial charge in [0.2, 0.25) is 5.43 Å². The number of hydrogen-bond acceptors (Lipinski definition) is 4. The van der Waals surface area contributed by atoms with Crippen molar-refractivity contribution in [3.05, 3.63) is 27.7 Å². The molecule has 7 nitrogen and oxygen atoms in total. The fourth-order valence-electron chi connectivity index (χ4n) is 3.51. The van der Waals surface area contributed by atoms with Crippen molar-refractivity contribution in [1.82, 2.24) is 14.0 Å². The lowest BCUT2D eigenvalue weighted by Gasteiger charge is -2.34. The second-order valence-corrected chi connectivity index (χ2v) is 6.45. The number of fused-ring (bicyclic) bond motifs is 1. The van der Waals surface area contributed by atoms with E-state index in [1.165, 1.54) is 6.20 Å². The summed E-state index contributed by atoms with van der Waals surface area (Å²) in [5.74, 6) is -0.167. The van der Waals surface area contributed by atoms with Crippen LogP contribution in [0.5, 0.6) is 0 Å². The van der Waals surface area contributed by atoms with Crippen LogP contribution in [0.3, 0.4) is 0 Å². The Morgan fingerprint density at radius 1 is 1.21 bits per heavy atom. The molecule has 0 radical (unpaired) electrons. The molecule has 0 spiro atoms. The first kappa shape index (κ1) is 16.6. The molecule has 130 valence electrons. The van der Waals surface area contributed by atoms with E-state index < -0.39 is 11.4 Å². The molecule has 1 saturated heterocycles. The third-order valence-electron chi connectivity index (χ3n) is 5.05. The van der Waals surface area contributed by atoms with E-state index in [0.717, 1.165) is 43.2 Å². The molecule has 0 saturated carbocycles. The van der Waals surface area contributed by atoms with E-state index in [4.69, 9.17) is 0 Å². The van der Waals surface area contributed by atoms with Crippen LogP contribution in [0.25, 0.3) is 10.9 Å². The molecule has 1 aliphatic heterocycles. The van der Waals surface area contributed by atoms with Crippen LogP contribution in [0.1, 0.15) is 23.0 Å². The van der Waals surface area contributed by atoms with Crippen molar-refractivity contribution < 1.29 is 9.90 Å². The summed E-state index contributed by atoms with van der Waals surface area (Å²) in [5.41, 5.74) is 1.10. The monoisotopic (exact) mass is 332 g/mol. The molecular formula is C17H24N4O3. The number of piperazine rings is 1. The van der Waals surface area contributed by atoms with Gasteiger partial charge in [-0.1, -0.05) is 0 Å². The van der Waals surface area contributed by atoms with Crippen LogP contribution in [0, 0.1) is 6.92 Å². The smallest absolute Gasteiger partial charge is 0.341 e. The Labute approximate surface area is 140 Å². The molecule has 0 aromatic carbocycles. The zero-order chi connectivity index (χ0) is 17.6. The van der Waals surface area contributed by atoms with Crippen molar-refractivity contribution in [2.24, 2.45) is 7.05 Å². The van der Waals surface area contributed by atoms with Gasteiger partial charge in [-0.3, -0.25) is 4.79 Å². The summed E-state index contributed by atoms with van der Waals surface area (Å²) in [5, 5.41) is 9.88. The topological polar surface area (TPSA) is 70.7 Å². The van der Waals surface area contributed by atoms with Gasteiger partial charge in [0.1, 0.15) is 11.4 Å². The minimum atomic E-state index is -1.17. The third-order valence-corrected chi connectivity index (χ3v) is 5.05. The number of aromatic nitrogens is 2. The molecule has 0 bridgehead atoms. The largest absolute Gasteiger partial charge is 0.477 e. The summed E-state index contributed by atoms with van der Waals surface area (Å²) < 4.78 is 3.91. The van der Waals surface area contributed by atoms with Crippen LogP contribution in [0.15, 0.2) is 11.0 Å². The molecular weight excluding hydrogens is 308 g/mol. The normalized spacial score (nSPS) is 16.1. The molecule has 0 aliphatic carbocycles. The first-order chi connectivity index (χ1) is 11.4. The van der Waals surface area contributed by atoms with E-state index in [9.17, 15) is 14.7 Å². The van der Waals surface area contributed by atoms with E-state index >= 15 is 0 Å². The second kappa shape index (κ2) is 5.98. The summed E-state index contributed by atoms with van der Waals surface area (Å²) in [6, 6.07) is 0. The molecule has 0 amide bonds. The van der Waals surface area contributed by atoms with Gasteiger partial charge in [0.25, 0.3) is 0 Å². The summed E-state index contributed by atoms with van der Waals surface area (Å²) in [7, 11) is 4.05. The Hall–Kier alpha value is -2.28. The molecule has 0 atom stereocenters. The number of rotatable bonds is 3. The van der Waals surface area contributed by atoms with Crippen molar-refractivity contribution in [2.75, 3.05) is 38.1 Å². The number of hydrogen-bond donors (Lipinski definition) is 1. The highest BCUT2D eigenvalue weighted by Crippen LogP contribution is 2.31. The molecule has 1 aliphatic rings. The Morgan fingerprint density at radius 3 is 2.38 bits per heavy atom. The van der Waals surface area contributed by atoms with Crippen LogP contribution in [-0.2, 0) is 13.6 Å². The van der Waals surface area contributed by atoms with E-state index in [1.807, 2.05) is 30.0 Å². The highest BCUT2D eigenvalue weighted by Gasteiger charge is 2.26. The maximum atomic E-state index is 12.7. The first-order valence-electron chi connectivity index (χ1n) is 8.26. The van der Waals surface area contributed by atoms with Crippen molar-refractivity contribution in [2.45, 2.75) is 20.4 Å². The predicted octanol–water partition coefficient (Wildman–Crippen LogP) is 1.12. The van der Waals surface area contributed by atoms with Gasteiger partial charge in [0.05, 0.1) is 10.9 Å². The number of pyridine rings is 1. The number of carbonyl (C=O) groups is 1. The first-order valence-corrected chi connectivity index (χ1v) is 8.26. The Morgan fingerprint density at radius 2 is 1.83 bits per heavy atom. The molecule has 3 heterocycles. The maximum Gasteiger partial charge on any atom is 0.341 e. The molecule has 1 N–H and O–H groups in total. The highest BCUT2D eigenvalue weighted by atomic mass is 16.4. The van der Waals surface area contributed by atoms with Gasteiger partial charge < -0.3 is 24.0 Å². The van der Waals surface area contributed by atoms with E-state index in [1.54, 1.807) is 0 Å². The number of carboxylic acids is 1. The van der Waals surface area contributed by atoms with Crippen molar-refractivity contribution in [3.8, 4) is 0 Å². The quantitative estimate of drug-likeness (QED) is 0.912. The van der Waals surface area contributed by atoms with Crippen LogP contribution in [0.4, 0.5) is 5.82 Å². The third kappa shape index (κ3) is 2.39. The van der Waals surface area contributed by atoms with Gasteiger partial charge in [0.15, 0.2) is 0 Å². The lowest BCUT2D eigenvalue weighted by atomic mass is 10.1. The lowest BCUT2D eigenvalue weighted by molar-refractivity contribution is 0.0695. The molecule has 2 aromatic rings. The molecule has 1 fully saturated rings. The van der Waals surface area contributed by atoms with Crippen LogP contribution >= 0.6 is 0 Å². The van der Waals surface area contributed by atoms with Gasteiger partial charge >= 0.3 is 5.97 Å². The number of aromatic carboxylic acids is 1. The molecule has 24 heavy (non-hydrogen) atoms. The fourth-order valence-corrected chi connectivity index (χ4v) is 3.51. The lowest BCUT2D eigenvalue weighted by Crippen LogP contribution is -2.45. The van der Waals surface area contributed by atoms with Crippen molar-refractivity contribution in [1.29, 1.82) is 0 Å². The molecule has 0 unspecified atom stereocenters. The average Bonchev–Trinajstić information content (AvgIpc) is 2.81. The minimum absolute atomic E-state index is 0.164. The van der Waals surface area contributed by atoms with Gasteiger partial charge in [0, 0.05) is 51.7 Å². The van der Waals surface area contributed by atoms with E-state index in [0.29, 0.717) is 11.9 Å². The Kier molecular flexibility index (Phi) is 4.13. The zero-order valence-electron chi connectivity index (χ0n) is 14.7. The maximum absolute atomic E-state index is 12.7. The van der Waals surface area contributed by atoms with E-state index in [-0.39, 0.29) is 5.56 Å². The van der Waals surface area contributed by atoms with Crippen molar-refractivity contribution >= 4 is 22.7 Å². The summed E-state index contributed by atoms with van der Waals surface area (Å²) in [4.78, 5) is 28.7. The number of nitrogens with zero attached hydrogens (tertiary/aromatic N) is 4. The summed E-state index contributed by atoms with van der Waals surface area (Å²) in [6.45, 7) is 8.18. The van der Waals surface area contributed by atoms with Crippen LogP contribution in [-0.4, -0.2) is 58.3 Å². The van der Waals surface area contributed by atoms with Crippen LogP contribution in [0.2, 0.25) is 0 Å². The van der Waals surface area contributed by atoms with Gasteiger partial charge in [-0.25, -0.2) is 4.79 Å². The highest BCUT2D eigenvalue weighted by molar-refractivity contribution is 5.98. The number of aryl methyl sites for hydroxylation is 2. The number of likely N-dealkylation sites (N-methyl/N-ethyl adjacent to an activating group) is 1. The number of anilines is 1. The fraction of sp³-hybridized carbons (Fsp3) is 0.529. The number of carboxylic acid groups (broad SMARTS) is 1. The molecule has 7 heteroatoms. The standard InChI is InChI=1S/C17H24N4O3/c1-5-20-10-12(17(23)24)15(22)13-11(2)19(4)16(14(13)20)21-8-6-18(3)7-9-21/h10H,5-9H2,1-4H3,(H,23,24).